The molecule has 2 aliphatic rings. The van der Waals surface area contributed by atoms with E-state index < -0.39 is 0 Å². The summed E-state index contributed by atoms with van der Waals surface area (Å²) >= 11 is 6.43. The van der Waals surface area contributed by atoms with Crippen LogP contribution in [-0.4, -0.2) is 22.2 Å². The highest BCUT2D eigenvalue weighted by atomic mass is 32.2. The molecule has 0 spiro atoms. The Morgan fingerprint density at radius 2 is 2.00 bits per heavy atom. The fraction of sp³-hybridized carbons (Fsp3) is 0.286. The maximum absolute atomic E-state index is 4.90. The van der Waals surface area contributed by atoms with Gasteiger partial charge >= 0.3 is 0 Å². The van der Waals surface area contributed by atoms with Crippen molar-refractivity contribution >= 4 is 40.0 Å². The van der Waals surface area contributed by atoms with Gasteiger partial charge in [0.1, 0.15) is 5.04 Å². The van der Waals surface area contributed by atoms with Crippen molar-refractivity contribution in [2.45, 2.75) is 6.92 Å². The first-order valence-electron chi connectivity index (χ1n) is 3.61. The van der Waals surface area contributed by atoms with E-state index in [1.807, 2.05) is 13.2 Å². The highest BCUT2D eigenvalue weighted by Crippen LogP contribution is 2.26. The first-order valence-corrected chi connectivity index (χ1v) is 5.24. The second-order valence-electron chi connectivity index (χ2n) is 2.50. The molecule has 0 fully saturated rings. The number of azo groups is 1. The first-order chi connectivity index (χ1) is 6.22. The Morgan fingerprint density at radius 1 is 1.23 bits per heavy atom. The summed E-state index contributed by atoms with van der Waals surface area (Å²) in [4.78, 5) is 8.16. The van der Waals surface area contributed by atoms with Gasteiger partial charge in [-0.3, -0.25) is 0 Å². The molecular weight excluding hydrogens is 204 g/mol. The van der Waals surface area contributed by atoms with Crippen molar-refractivity contribution in [3.63, 3.8) is 0 Å². The molecule has 0 aliphatic carbocycles. The number of hydrogen-bond acceptors (Lipinski definition) is 4. The zero-order chi connectivity index (χ0) is 9.42. The van der Waals surface area contributed by atoms with Crippen LogP contribution < -0.4 is 0 Å². The summed E-state index contributed by atoms with van der Waals surface area (Å²) < 4.78 is 0. The van der Waals surface area contributed by atoms with Crippen LogP contribution in [0.4, 0.5) is 0 Å². The maximum Gasteiger partial charge on any atom is 0.222 e. The largest absolute Gasteiger partial charge is 0.222 e. The molecular formula is C7H6N4S2. The Morgan fingerprint density at radius 3 is 2.69 bits per heavy atom. The number of rotatable bonds is 0. The number of nitrogens with zero attached hydrogens (tertiary/aromatic N) is 4. The molecule has 2 heterocycles. The quantitative estimate of drug-likeness (QED) is 0.575. The topological polar surface area (TPSA) is 49.4 Å². The van der Waals surface area contributed by atoms with Crippen LogP contribution in [0, 0.1) is 0 Å². The van der Waals surface area contributed by atoms with Crippen molar-refractivity contribution in [2.75, 3.05) is 6.26 Å². The Labute approximate surface area is 84.9 Å². The molecule has 0 atom stereocenters. The molecule has 0 bridgehead atoms. The Bertz CT molecular complexity index is 403. The van der Waals surface area contributed by atoms with Gasteiger partial charge in [-0.2, -0.15) is 10.1 Å². The molecule has 2 rings (SSSR count). The third kappa shape index (κ3) is 1.36. The van der Waals surface area contributed by atoms with Gasteiger partial charge in [-0.1, -0.05) is 0 Å². The van der Waals surface area contributed by atoms with Crippen molar-refractivity contribution in [2.24, 2.45) is 20.2 Å². The van der Waals surface area contributed by atoms with Gasteiger partial charge in [-0.25, -0.2) is 4.99 Å². The van der Waals surface area contributed by atoms with Crippen LogP contribution in [0.5, 0.6) is 0 Å². The summed E-state index contributed by atoms with van der Waals surface area (Å²) in [6, 6.07) is 0. The number of aliphatic imine (C=N–C) groups is 2. The highest BCUT2D eigenvalue weighted by molar-refractivity contribution is 8.14. The lowest BCUT2D eigenvalue weighted by molar-refractivity contribution is 1.20. The van der Waals surface area contributed by atoms with Crippen LogP contribution in [0.2, 0.25) is 0 Å². The third-order valence-electron chi connectivity index (χ3n) is 1.69. The van der Waals surface area contributed by atoms with E-state index in [0.29, 0.717) is 10.9 Å². The molecule has 0 aromatic rings. The fourth-order valence-electron chi connectivity index (χ4n) is 1.12. The summed E-state index contributed by atoms with van der Waals surface area (Å²) in [6.07, 6.45) is 1.95. The predicted octanol–water partition coefficient (Wildman–Crippen LogP) is 2.18. The van der Waals surface area contributed by atoms with Gasteiger partial charge < -0.3 is 0 Å². The lowest BCUT2D eigenvalue weighted by Gasteiger charge is -2.08. The van der Waals surface area contributed by atoms with Gasteiger partial charge in [0.05, 0.1) is 11.3 Å². The van der Waals surface area contributed by atoms with Crippen molar-refractivity contribution in [1.82, 2.24) is 0 Å². The van der Waals surface area contributed by atoms with Crippen LogP contribution in [0.3, 0.4) is 0 Å². The van der Waals surface area contributed by atoms with E-state index in [-0.39, 0.29) is 0 Å². The molecule has 0 unspecified atom stereocenters. The first kappa shape index (κ1) is 8.71. The normalized spacial score (nSPS) is 20.3. The number of hydrogen-bond donors (Lipinski definition) is 0. The molecule has 0 radical (unpaired) electrons. The molecule has 0 aromatic carbocycles. The van der Waals surface area contributed by atoms with E-state index in [1.165, 1.54) is 11.8 Å². The summed E-state index contributed by atoms with van der Waals surface area (Å²) in [5.74, 6) is 0.599. The van der Waals surface area contributed by atoms with Crippen LogP contribution in [0.15, 0.2) is 31.5 Å². The molecule has 0 aromatic heterocycles. The van der Waals surface area contributed by atoms with Crippen molar-refractivity contribution < 1.29 is 0 Å². The van der Waals surface area contributed by atoms with Gasteiger partial charge in [0.2, 0.25) is 5.11 Å². The zero-order valence-electron chi connectivity index (χ0n) is 7.11. The minimum atomic E-state index is 0.330. The second-order valence-corrected chi connectivity index (χ2v) is 3.66. The van der Waals surface area contributed by atoms with Crippen LogP contribution in [0.25, 0.3) is 0 Å². The highest BCUT2D eigenvalue weighted by Gasteiger charge is 2.25. The van der Waals surface area contributed by atoms with Crippen molar-refractivity contribution in [3.8, 4) is 0 Å². The molecule has 0 N–H and O–H groups in total. The van der Waals surface area contributed by atoms with E-state index in [0.717, 1.165) is 16.3 Å². The number of thiocarbonyl (C=S) groups is 1. The zero-order valence-corrected chi connectivity index (χ0v) is 8.74. The van der Waals surface area contributed by atoms with Gasteiger partial charge in [-0.05, 0) is 25.4 Å². The minimum absolute atomic E-state index is 0.330. The second kappa shape index (κ2) is 3.12. The molecule has 0 saturated carbocycles. The van der Waals surface area contributed by atoms with Gasteiger partial charge in [0.15, 0.2) is 5.84 Å². The molecule has 0 amide bonds. The summed E-state index contributed by atoms with van der Waals surface area (Å²) in [5, 5.41) is 9.03. The SMILES string of the molecule is CSC1=NC(=S)N=C2N=NC(C)=C21. The molecule has 6 heteroatoms. The van der Waals surface area contributed by atoms with Gasteiger partial charge in [0, 0.05) is 0 Å². The lowest BCUT2D eigenvalue weighted by Crippen LogP contribution is -2.14. The predicted molar refractivity (Wildman–Crippen MR) is 58.5 cm³/mol. The van der Waals surface area contributed by atoms with Gasteiger partial charge in [0.25, 0.3) is 0 Å². The van der Waals surface area contributed by atoms with E-state index in [1.54, 1.807) is 0 Å². The standard InChI is InChI=1S/C7H6N4S2/c1-3-4-5(11-10-3)8-7(12)9-6(4)13-2/h1-2H3. The summed E-state index contributed by atoms with van der Waals surface area (Å²) in [7, 11) is 0. The Hall–Kier alpha value is -0.880. The summed E-state index contributed by atoms with van der Waals surface area (Å²) in [5.41, 5.74) is 1.77. The van der Waals surface area contributed by atoms with E-state index in [4.69, 9.17) is 12.2 Å². The Balaban J connectivity index is 2.55. The van der Waals surface area contributed by atoms with Crippen molar-refractivity contribution in [1.29, 1.82) is 0 Å². The smallest absolute Gasteiger partial charge is 0.211 e. The van der Waals surface area contributed by atoms with E-state index >= 15 is 0 Å². The fourth-order valence-corrected chi connectivity index (χ4v) is 1.98. The van der Waals surface area contributed by atoms with E-state index in [9.17, 15) is 0 Å². The molecule has 0 saturated heterocycles. The molecule has 13 heavy (non-hydrogen) atoms. The third-order valence-corrected chi connectivity index (χ3v) is 2.55. The lowest BCUT2D eigenvalue weighted by atomic mass is 10.2. The molecule has 4 nitrogen and oxygen atoms in total. The number of fused-ring (bicyclic) bond motifs is 1. The van der Waals surface area contributed by atoms with Gasteiger partial charge in [-0.15, -0.1) is 16.9 Å². The van der Waals surface area contributed by atoms with Crippen LogP contribution in [0.1, 0.15) is 6.92 Å². The van der Waals surface area contributed by atoms with Crippen LogP contribution >= 0.6 is 24.0 Å². The average molecular weight is 210 g/mol. The van der Waals surface area contributed by atoms with Crippen LogP contribution in [-0.2, 0) is 0 Å². The molecule has 66 valence electrons. The van der Waals surface area contributed by atoms with E-state index in [2.05, 4.69) is 20.2 Å². The monoisotopic (exact) mass is 210 g/mol. The minimum Gasteiger partial charge on any atom is -0.211 e. The molecule has 2 aliphatic heterocycles. The maximum atomic E-state index is 4.90. The summed E-state index contributed by atoms with van der Waals surface area (Å²) in [6.45, 7) is 1.89. The Kier molecular flexibility index (Phi) is 2.09. The van der Waals surface area contributed by atoms with Crippen molar-refractivity contribution in [3.05, 3.63) is 11.3 Å². The average Bonchev–Trinajstić information content (AvgIpc) is 2.46. The number of thioether (sulfide) groups is 1. The number of allylic oxidation sites excluding steroid dienone is 1. The number of amidine groups is 1.